The molecule has 9 unspecified atom stereocenters. The number of ketones is 1. The van der Waals surface area contributed by atoms with Crippen LogP contribution >= 0.6 is 11.8 Å². The molecule has 9 atom stereocenters. The number of ether oxygens (including phenoxy) is 2. The van der Waals surface area contributed by atoms with Crippen LogP contribution in [0.25, 0.3) is 0 Å². The average Bonchev–Trinajstić information content (AvgIpc) is 3.40. The van der Waals surface area contributed by atoms with Crippen LogP contribution < -0.4 is 10.6 Å². The van der Waals surface area contributed by atoms with E-state index in [1.165, 1.54) is 63.1 Å². The smallest absolute Gasteiger partial charge is 0.308 e. The maximum Gasteiger partial charge on any atom is 0.308 e. The Kier molecular flexibility index (Phi) is 15.4. The number of allylic oxidation sites excluding steroid dienone is 2. The van der Waals surface area contributed by atoms with E-state index in [1.54, 1.807) is 5.57 Å². The zero-order chi connectivity index (χ0) is 36.6. The minimum absolute atomic E-state index is 0.0256. The number of nitrogens with one attached hydrogen (secondary N) is 2. The molecule has 0 saturated heterocycles. The molecule has 0 heterocycles. The van der Waals surface area contributed by atoms with Crippen LogP contribution in [0.1, 0.15) is 139 Å². The van der Waals surface area contributed by atoms with Crippen molar-refractivity contribution in [3.8, 4) is 0 Å². The lowest BCUT2D eigenvalue weighted by Gasteiger charge is -2.58. The fourth-order valence-corrected chi connectivity index (χ4v) is 11.9. The van der Waals surface area contributed by atoms with Gasteiger partial charge >= 0.3 is 5.97 Å². The number of esters is 1. The second kappa shape index (κ2) is 18.6. The first-order chi connectivity index (χ1) is 23.7. The Morgan fingerprint density at radius 2 is 1.72 bits per heavy atom. The van der Waals surface area contributed by atoms with Crippen molar-refractivity contribution in [3.63, 3.8) is 0 Å². The summed E-state index contributed by atoms with van der Waals surface area (Å²) in [7, 11) is 0. The van der Waals surface area contributed by atoms with E-state index < -0.39 is 5.37 Å². The number of hydrogen-bond acceptors (Lipinski definition) is 7. The van der Waals surface area contributed by atoms with Crippen molar-refractivity contribution in [2.24, 2.45) is 52.3 Å². The average molecular weight is 717 g/mol. The summed E-state index contributed by atoms with van der Waals surface area (Å²) in [6.07, 6.45) is 16.6. The fraction of sp³-hybridized carbons (Fsp3) is 0.881. The molecule has 286 valence electrons. The van der Waals surface area contributed by atoms with Crippen molar-refractivity contribution in [3.05, 3.63) is 11.6 Å². The van der Waals surface area contributed by atoms with Gasteiger partial charge < -0.3 is 14.8 Å². The Morgan fingerprint density at radius 1 is 0.960 bits per heavy atom. The van der Waals surface area contributed by atoms with Gasteiger partial charge in [0, 0.05) is 18.5 Å². The number of thioether (sulfide) groups is 1. The van der Waals surface area contributed by atoms with E-state index in [9.17, 15) is 14.4 Å². The van der Waals surface area contributed by atoms with Gasteiger partial charge in [-0.1, -0.05) is 79.4 Å². The summed E-state index contributed by atoms with van der Waals surface area (Å²) in [6.45, 7) is 21.1. The van der Waals surface area contributed by atoms with Crippen LogP contribution in [0.4, 0.5) is 0 Å². The molecule has 8 heteroatoms. The van der Waals surface area contributed by atoms with E-state index in [2.05, 4.69) is 51.3 Å². The summed E-state index contributed by atoms with van der Waals surface area (Å²) in [4.78, 5) is 37.7. The molecular formula is C42H72N2O5S. The fourth-order valence-electron chi connectivity index (χ4n) is 10.6. The largest absolute Gasteiger partial charge is 0.462 e. The van der Waals surface area contributed by atoms with Crippen LogP contribution in [0.2, 0.25) is 0 Å². The molecule has 0 radical (unpaired) electrons. The first-order valence-electron chi connectivity index (χ1n) is 20.3. The van der Waals surface area contributed by atoms with Crippen molar-refractivity contribution < 1.29 is 23.9 Å². The van der Waals surface area contributed by atoms with Gasteiger partial charge in [-0.05, 0) is 112 Å². The maximum absolute atomic E-state index is 12.9. The van der Waals surface area contributed by atoms with Crippen LogP contribution in [0.3, 0.4) is 0 Å². The van der Waals surface area contributed by atoms with Gasteiger partial charge in [-0.15, -0.1) is 11.8 Å². The standard InChI is InChI=1S/C42H72N2O5S/c1-27(2)11-10-12-30(7)34-17-18-35-33-16-14-31-13-15-32(25-42(31,9)36(33)19-21-41(34,35)8)49-38(46)20-23-48-24-22-43-37(45)26-50-40(44-29(5)6)39(47)28(3)4/h14,27-30,32-36,40,44H,10-13,15-26H2,1-9H3,(H,43,45). The third-order valence-electron chi connectivity index (χ3n) is 13.2. The normalized spacial score (nSPS) is 31.8. The van der Waals surface area contributed by atoms with Gasteiger partial charge in [0.05, 0.1) is 25.4 Å². The number of fused-ring (bicyclic) bond motifs is 5. The number of hydrogen-bond donors (Lipinski definition) is 2. The first kappa shape index (κ1) is 41.4. The van der Waals surface area contributed by atoms with Crippen molar-refractivity contribution in [2.45, 2.75) is 157 Å². The number of carbonyl (C=O) groups is 3. The molecule has 4 aliphatic carbocycles. The molecule has 7 nitrogen and oxygen atoms in total. The lowest BCUT2D eigenvalue weighted by Crippen LogP contribution is -2.51. The molecule has 0 aromatic carbocycles. The molecule has 4 rings (SSSR count). The molecule has 50 heavy (non-hydrogen) atoms. The van der Waals surface area contributed by atoms with Gasteiger partial charge in [0.25, 0.3) is 0 Å². The van der Waals surface area contributed by atoms with Crippen LogP contribution in [0.15, 0.2) is 11.6 Å². The first-order valence-corrected chi connectivity index (χ1v) is 21.3. The third-order valence-corrected chi connectivity index (χ3v) is 14.4. The predicted molar refractivity (Wildman–Crippen MR) is 206 cm³/mol. The molecule has 3 fully saturated rings. The Balaban J connectivity index is 1.18. The van der Waals surface area contributed by atoms with Gasteiger partial charge in [0.15, 0.2) is 5.78 Å². The molecule has 0 bridgehead atoms. The highest BCUT2D eigenvalue weighted by Crippen LogP contribution is 2.67. The van der Waals surface area contributed by atoms with Gasteiger partial charge in [-0.25, -0.2) is 0 Å². The highest BCUT2D eigenvalue weighted by Gasteiger charge is 2.59. The van der Waals surface area contributed by atoms with E-state index in [0.29, 0.717) is 24.5 Å². The van der Waals surface area contributed by atoms with E-state index in [1.807, 2.05) is 27.7 Å². The van der Waals surface area contributed by atoms with E-state index in [-0.39, 0.29) is 59.9 Å². The lowest BCUT2D eigenvalue weighted by atomic mass is 9.47. The number of carbonyl (C=O) groups excluding carboxylic acids is 3. The highest BCUT2D eigenvalue weighted by molar-refractivity contribution is 8.01. The van der Waals surface area contributed by atoms with Crippen molar-refractivity contribution in [1.82, 2.24) is 10.6 Å². The molecule has 4 aliphatic rings. The van der Waals surface area contributed by atoms with Crippen LogP contribution in [0.5, 0.6) is 0 Å². The zero-order valence-electron chi connectivity index (χ0n) is 33.1. The van der Waals surface area contributed by atoms with Gasteiger partial charge in [0.2, 0.25) is 5.91 Å². The van der Waals surface area contributed by atoms with Crippen LogP contribution in [-0.2, 0) is 23.9 Å². The summed E-state index contributed by atoms with van der Waals surface area (Å²) in [5.41, 5.74) is 2.24. The van der Waals surface area contributed by atoms with Gasteiger partial charge in [-0.3, -0.25) is 19.7 Å². The summed E-state index contributed by atoms with van der Waals surface area (Å²) in [5.74, 6) is 4.67. The maximum atomic E-state index is 12.9. The molecule has 1 amide bonds. The number of rotatable bonds is 19. The summed E-state index contributed by atoms with van der Waals surface area (Å²) >= 11 is 1.32. The molecule has 0 aromatic rings. The molecule has 0 aromatic heterocycles. The van der Waals surface area contributed by atoms with Crippen molar-refractivity contribution in [2.75, 3.05) is 25.5 Å². The summed E-state index contributed by atoms with van der Waals surface area (Å²) in [6, 6.07) is 0.153. The van der Waals surface area contributed by atoms with Crippen LogP contribution in [0, 0.1) is 52.3 Å². The predicted octanol–water partition coefficient (Wildman–Crippen LogP) is 8.74. The molecule has 0 spiro atoms. The topological polar surface area (TPSA) is 93.7 Å². The van der Waals surface area contributed by atoms with Crippen LogP contribution in [-0.4, -0.2) is 60.7 Å². The number of Topliss-reactive ketones (excluding diaryl/α,β-unsaturated/α-hetero) is 1. The minimum Gasteiger partial charge on any atom is -0.462 e. The van der Waals surface area contributed by atoms with Gasteiger partial charge in [-0.2, -0.15) is 0 Å². The highest BCUT2D eigenvalue weighted by atomic mass is 32.2. The van der Waals surface area contributed by atoms with E-state index >= 15 is 0 Å². The summed E-state index contributed by atoms with van der Waals surface area (Å²) in [5, 5.41) is 5.71. The van der Waals surface area contributed by atoms with E-state index in [4.69, 9.17) is 9.47 Å². The van der Waals surface area contributed by atoms with E-state index in [0.717, 1.165) is 48.9 Å². The Hall–Kier alpha value is -1.38. The Labute approximate surface area is 309 Å². The summed E-state index contributed by atoms with van der Waals surface area (Å²) < 4.78 is 11.8. The second-order valence-electron chi connectivity index (χ2n) is 17.9. The van der Waals surface area contributed by atoms with Crippen molar-refractivity contribution in [1.29, 1.82) is 0 Å². The molecule has 3 saturated carbocycles. The molecular weight excluding hydrogens is 645 g/mol. The van der Waals surface area contributed by atoms with Crippen molar-refractivity contribution >= 4 is 29.4 Å². The zero-order valence-corrected chi connectivity index (χ0v) is 33.9. The Morgan fingerprint density at radius 3 is 2.42 bits per heavy atom. The monoisotopic (exact) mass is 717 g/mol. The molecule has 0 aliphatic heterocycles. The third kappa shape index (κ3) is 10.4. The lowest BCUT2D eigenvalue weighted by molar-refractivity contribution is -0.154. The second-order valence-corrected chi connectivity index (χ2v) is 19.0. The minimum atomic E-state index is -0.395. The SMILES string of the molecule is CC(C)CCCC(C)C1CCC2C3CC=C4CCC(OC(=O)CCOCCNC(=O)CSC(NC(C)C)C(=O)C(C)C)CC4(C)C3CCC12C. The number of amides is 1. The Bertz CT molecular complexity index is 1170. The quantitative estimate of drug-likeness (QED) is 0.0598. The van der Waals surface area contributed by atoms with Gasteiger partial charge in [0.1, 0.15) is 11.5 Å². The molecule has 2 N–H and O–H groups in total.